The second kappa shape index (κ2) is 3.37. The Morgan fingerprint density at radius 3 is 1.89 bits per heavy atom. The van der Waals surface area contributed by atoms with Crippen molar-refractivity contribution in [1.29, 1.82) is 0 Å². The molecule has 0 aliphatic heterocycles. The van der Waals surface area contributed by atoms with Gasteiger partial charge in [-0.05, 0) is 33.4 Å². The van der Waals surface area contributed by atoms with Crippen molar-refractivity contribution in [3.63, 3.8) is 0 Å². The first kappa shape index (κ1) is 9.18. The predicted molar refractivity (Wildman–Crippen MR) is 44.3 cm³/mol. The molecule has 0 unspecified atom stereocenters. The lowest BCUT2D eigenvalue weighted by atomic mass is 10.1. The van der Waals surface area contributed by atoms with E-state index in [1.165, 1.54) is 0 Å². The Morgan fingerprint density at radius 1 is 1.33 bits per heavy atom. The molecular weight excluding hydrogens is 128 g/mol. The van der Waals surface area contributed by atoms with Crippen LogP contribution in [0.3, 0.4) is 0 Å². The maximum absolute atomic E-state index is 5.73. The normalized spacial score (nSPS) is 12.7. The zero-order chi connectivity index (χ0) is 7.49. The minimum absolute atomic E-state index is 0.125. The molecule has 0 fully saturated rings. The van der Waals surface area contributed by atoms with Crippen LogP contribution in [0.1, 0.15) is 27.2 Å². The van der Waals surface area contributed by atoms with Gasteiger partial charge >= 0.3 is 0 Å². The number of hydrogen-bond acceptors (Lipinski definition) is 1. The number of rotatable bonds is 3. The van der Waals surface area contributed by atoms with Gasteiger partial charge in [0.15, 0.2) is 9.04 Å². The van der Waals surface area contributed by atoms with Gasteiger partial charge in [-0.25, -0.2) is 0 Å². The van der Waals surface area contributed by atoms with Gasteiger partial charge in [0, 0.05) is 0 Å². The summed E-state index contributed by atoms with van der Waals surface area (Å²) in [5, 5.41) is 0. The van der Waals surface area contributed by atoms with Crippen LogP contribution < -0.4 is 0 Å². The van der Waals surface area contributed by atoms with E-state index in [1.807, 2.05) is 0 Å². The van der Waals surface area contributed by atoms with Crippen molar-refractivity contribution in [1.82, 2.24) is 0 Å². The molecule has 1 nitrogen and oxygen atoms in total. The van der Waals surface area contributed by atoms with E-state index in [0.29, 0.717) is 0 Å². The molecule has 0 aromatic rings. The Labute approximate surface area is 60.1 Å². The summed E-state index contributed by atoms with van der Waals surface area (Å²) >= 11 is 0. The van der Waals surface area contributed by atoms with Crippen LogP contribution >= 0.6 is 0 Å². The monoisotopic (exact) mass is 146 g/mol. The summed E-state index contributed by atoms with van der Waals surface area (Å²) in [5.41, 5.74) is 0.125. The van der Waals surface area contributed by atoms with E-state index in [0.717, 1.165) is 6.42 Å². The Bertz CT molecular complexity index is 79.0. The maximum Gasteiger partial charge on any atom is 0.171 e. The van der Waals surface area contributed by atoms with E-state index in [4.69, 9.17) is 4.43 Å². The first-order valence-corrected chi connectivity index (χ1v) is 6.44. The molecule has 0 heterocycles. The highest BCUT2D eigenvalue weighted by atomic mass is 28.3. The molecule has 0 amide bonds. The highest BCUT2D eigenvalue weighted by Crippen LogP contribution is 2.14. The van der Waals surface area contributed by atoms with Crippen LogP contribution in [0.4, 0.5) is 0 Å². The van der Waals surface area contributed by atoms with Crippen LogP contribution in [-0.2, 0) is 4.43 Å². The Balaban J connectivity index is 3.58. The van der Waals surface area contributed by atoms with Crippen molar-refractivity contribution >= 4 is 9.04 Å². The lowest BCUT2D eigenvalue weighted by Crippen LogP contribution is -2.28. The molecule has 0 aliphatic rings. The van der Waals surface area contributed by atoms with Gasteiger partial charge in [0.05, 0.1) is 5.60 Å². The summed E-state index contributed by atoms with van der Waals surface area (Å²) in [6, 6.07) is 0. The van der Waals surface area contributed by atoms with E-state index >= 15 is 0 Å². The smallest absolute Gasteiger partial charge is 0.171 e. The third-order valence-corrected chi connectivity index (χ3v) is 2.52. The van der Waals surface area contributed by atoms with E-state index in [1.54, 1.807) is 0 Å². The molecule has 0 rings (SSSR count). The van der Waals surface area contributed by atoms with Gasteiger partial charge < -0.3 is 4.43 Å². The van der Waals surface area contributed by atoms with Gasteiger partial charge in [-0.15, -0.1) is 0 Å². The van der Waals surface area contributed by atoms with E-state index < -0.39 is 9.04 Å². The highest BCUT2D eigenvalue weighted by Gasteiger charge is 2.16. The molecule has 0 radical (unpaired) electrons. The second-order valence-corrected chi connectivity index (χ2v) is 5.61. The van der Waals surface area contributed by atoms with Gasteiger partial charge in [-0.2, -0.15) is 0 Å². The summed E-state index contributed by atoms with van der Waals surface area (Å²) in [7, 11) is -0.813. The predicted octanol–water partition coefficient (Wildman–Crippen LogP) is 2.17. The van der Waals surface area contributed by atoms with Gasteiger partial charge in [0.1, 0.15) is 0 Å². The Morgan fingerprint density at radius 2 is 1.78 bits per heavy atom. The minimum atomic E-state index is -0.813. The van der Waals surface area contributed by atoms with Crippen molar-refractivity contribution < 1.29 is 4.43 Å². The molecule has 0 N–H and O–H groups in total. The molecule has 0 aromatic heterocycles. The third-order valence-electron chi connectivity index (χ3n) is 1.41. The van der Waals surface area contributed by atoms with Crippen LogP contribution in [0, 0.1) is 0 Å². The summed E-state index contributed by atoms with van der Waals surface area (Å²) in [6.45, 7) is 10.9. The van der Waals surface area contributed by atoms with Crippen molar-refractivity contribution in [2.24, 2.45) is 0 Å². The zero-order valence-corrected chi connectivity index (χ0v) is 8.35. The molecule has 0 aromatic carbocycles. The molecule has 0 atom stereocenters. The van der Waals surface area contributed by atoms with Crippen LogP contribution in [-0.4, -0.2) is 14.6 Å². The maximum atomic E-state index is 5.73. The molecule has 9 heavy (non-hydrogen) atoms. The lowest BCUT2D eigenvalue weighted by molar-refractivity contribution is 0.105. The summed E-state index contributed by atoms with van der Waals surface area (Å²) in [6.07, 6.45) is 1.11. The van der Waals surface area contributed by atoms with E-state index in [2.05, 4.69) is 33.9 Å². The molecular formula is C7H18OSi. The third kappa shape index (κ3) is 4.67. The molecule has 0 bridgehead atoms. The Hall–Kier alpha value is 0.177. The van der Waals surface area contributed by atoms with Crippen LogP contribution in [0.25, 0.3) is 0 Å². The van der Waals surface area contributed by atoms with Crippen molar-refractivity contribution in [3.05, 3.63) is 0 Å². The van der Waals surface area contributed by atoms with Crippen molar-refractivity contribution in [2.75, 3.05) is 0 Å². The van der Waals surface area contributed by atoms with Gasteiger partial charge in [-0.3, -0.25) is 0 Å². The van der Waals surface area contributed by atoms with Crippen LogP contribution in [0.5, 0.6) is 0 Å². The van der Waals surface area contributed by atoms with Crippen molar-refractivity contribution in [2.45, 2.75) is 45.9 Å². The minimum Gasteiger partial charge on any atom is -0.416 e. The molecule has 56 valence electrons. The van der Waals surface area contributed by atoms with Crippen LogP contribution in [0.2, 0.25) is 13.1 Å². The molecule has 0 saturated carbocycles. The zero-order valence-electron chi connectivity index (χ0n) is 7.19. The van der Waals surface area contributed by atoms with Gasteiger partial charge in [0.25, 0.3) is 0 Å². The Kier molecular flexibility index (Phi) is 3.44. The molecule has 0 spiro atoms. The number of hydrogen-bond donors (Lipinski definition) is 0. The lowest BCUT2D eigenvalue weighted by Gasteiger charge is -2.26. The average Bonchev–Trinajstić information content (AvgIpc) is 1.63. The van der Waals surface area contributed by atoms with Crippen LogP contribution in [0.15, 0.2) is 0 Å². The second-order valence-electron chi connectivity index (χ2n) is 3.28. The fourth-order valence-corrected chi connectivity index (χ4v) is 2.16. The first-order chi connectivity index (χ1) is 3.98. The van der Waals surface area contributed by atoms with Gasteiger partial charge in [0.2, 0.25) is 0 Å². The molecule has 0 saturated heterocycles. The van der Waals surface area contributed by atoms with Gasteiger partial charge in [-0.1, -0.05) is 6.92 Å². The average molecular weight is 146 g/mol. The first-order valence-electron chi connectivity index (χ1n) is 3.66. The molecule has 0 aliphatic carbocycles. The topological polar surface area (TPSA) is 9.23 Å². The molecule has 2 heteroatoms. The standard InChI is InChI=1S/C7H18OSi/c1-6-7(2,3)8-9(4)5/h9H,6H2,1-5H3. The fraction of sp³-hybridized carbons (Fsp3) is 1.00. The highest BCUT2D eigenvalue weighted by molar-refractivity contribution is 6.48. The largest absolute Gasteiger partial charge is 0.416 e. The summed E-state index contributed by atoms with van der Waals surface area (Å²) in [5.74, 6) is 0. The quantitative estimate of drug-likeness (QED) is 0.555. The van der Waals surface area contributed by atoms with Crippen molar-refractivity contribution in [3.8, 4) is 0 Å². The summed E-state index contributed by atoms with van der Waals surface area (Å²) < 4.78 is 5.73. The van der Waals surface area contributed by atoms with E-state index in [-0.39, 0.29) is 5.60 Å². The summed E-state index contributed by atoms with van der Waals surface area (Å²) in [4.78, 5) is 0. The SMILES string of the molecule is CCC(C)(C)O[SiH](C)C. The van der Waals surface area contributed by atoms with E-state index in [9.17, 15) is 0 Å². The fourth-order valence-electron chi connectivity index (χ4n) is 0.721.